The Morgan fingerprint density at radius 2 is 2.25 bits per heavy atom. The van der Waals surface area contributed by atoms with Crippen molar-refractivity contribution in [3.05, 3.63) is 25.5 Å². The van der Waals surface area contributed by atoms with Crippen LogP contribution >= 0.6 is 39.0 Å². The van der Waals surface area contributed by atoms with E-state index in [1.165, 1.54) is 23.1 Å². The number of nitrogens with zero attached hydrogens (tertiary/aromatic N) is 5. The number of ketones is 1. The molecule has 3 aromatic heterocycles. The minimum Gasteiger partial charge on any atom is -0.381 e. The lowest BCUT2D eigenvalue weighted by atomic mass is 10.1. The van der Waals surface area contributed by atoms with Crippen LogP contribution in [0.2, 0.25) is 0 Å². The number of fused-ring (bicyclic) bond motifs is 1. The van der Waals surface area contributed by atoms with Gasteiger partial charge in [0.15, 0.2) is 20.5 Å². The van der Waals surface area contributed by atoms with Crippen molar-refractivity contribution < 1.29 is 9.53 Å². The van der Waals surface area contributed by atoms with Gasteiger partial charge in [0, 0.05) is 13.2 Å². The van der Waals surface area contributed by atoms with Crippen molar-refractivity contribution in [1.29, 1.82) is 0 Å². The Hall–Kier alpha value is -1.63. The van der Waals surface area contributed by atoms with E-state index < -0.39 is 0 Å². The van der Waals surface area contributed by atoms with Crippen molar-refractivity contribution in [3.8, 4) is 0 Å². The van der Waals surface area contributed by atoms with Gasteiger partial charge in [-0.15, -0.1) is 10.2 Å². The summed E-state index contributed by atoms with van der Waals surface area (Å²) in [5.74, 6) is -0.00525. The van der Waals surface area contributed by atoms with Crippen LogP contribution in [-0.2, 0) is 16.0 Å². The molecule has 0 amide bonds. The normalized spacial score (nSPS) is 16.5. The zero-order chi connectivity index (χ0) is 19.7. The standard InChI is InChI=1S/C16H17BrN6O3S2/c1-8(11(24)6-12-21-22-15(17)28-12)27-16-19-13-10(14(25)20-16)7-18-23(13)9-2-4-26-5-3-9/h7-9H,2-6H2,1H3,(H,19,20,25). The van der Waals surface area contributed by atoms with Crippen LogP contribution in [0.25, 0.3) is 11.0 Å². The average Bonchev–Trinajstić information content (AvgIpc) is 3.28. The lowest BCUT2D eigenvalue weighted by Crippen LogP contribution is -2.21. The lowest BCUT2D eigenvalue weighted by Gasteiger charge is -2.22. The molecule has 4 rings (SSSR count). The topological polar surface area (TPSA) is 116 Å². The number of aromatic nitrogens is 6. The van der Waals surface area contributed by atoms with Gasteiger partial charge in [0.05, 0.1) is 23.9 Å². The number of rotatable bonds is 6. The van der Waals surface area contributed by atoms with E-state index >= 15 is 0 Å². The Morgan fingerprint density at radius 3 is 2.96 bits per heavy atom. The van der Waals surface area contributed by atoms with Gasteiger partial charge >= 0.3 is 0 Å². The summed E-state index contributed by atoms with van der Waals surface area (Å²) < 4.78 is 7.86. The van der Waals surface area contributed by atoms with Gasteiger partial charge in [-0.25, -0.2) is 9.67 Å². The van der Waals surface area contributed by atoms with E-state index in [2.05, 4.69) is 41.2 Å². The van der Waals surface area contributed by atoms with Crippen LogP contribution in [0.15, 0.2) is 20.1 Å². The number of Topliss-reactive ketones (excluding diaryl/α,β-unsaturated/α-hetero) is 1. The van der Waals surface area contributed by atoms with Crippen LogP contribution in [0.1, 0.15) is 30.8 Å². The lowest BCUT2D eigenvalue weighted by molar-refractivity contribution is -0.117. The highest BCUT2D eigenvalue weighted by atomic mass is 79.9. The van der Waals surface area contributed by atoms with Gasteiger partial charge in [-0.05, 0) is 35.7 Å². The maximum atomic E-state index is 12.5. The smallest absolute Gasteiger partial charge is 0.262 e. The molecule has 1 saturated heterocycles. The molecule has 1 aliphatic rings. The van der Waals surface area contributed by atoms with Gasteiger partial charge in [0.1, 0.15) is 10.4 Å². The third kappa shape index (κ3) is 4.19. The number of halogens is 1. The van der Waals surface area contributed by atoms with Crippen LogP contribution in [0, 0.1) is 0 Å². The highest BCUT2D eigenvalue weighted by Crippen LogP contribution is 2.26. The zero-order valence-electron chi connectivity index (χ0n) is 14.9. The molecule has 1 atom stereocenters. The number of carbonyl (C=O) groups is 1. The van der Waals surface area contributed by atoms with Crippen LogP contribution < -0.4 is 5.56 Å². The van der Waals surface area contributed by atoms with Crippen molar-refractivity contribution in [2.24, 2.45) is 0 Å². The summed E-state index contributed by atoms with van der Waals surface area (Å²) in [6.07, 6.45) is 3.41. The number of H-pyrrole nitrogens is 1. The maximum Gasteiger partial charge on any atom is 0.262 e. The first-order valence-electron chi connectivity index (χ1n) is 8.74. The van der Waals surface area contributed by atoms with Crippen molar-refractivity contribution in [1.82, 2.24) is 29.9 Å². The summed E-state index contributed by atoms with van der Waals surface area (Å²) in [5, 5.41) is 13.3. The molecule has 9 nitrogen and oxygen atoms in total. The summed E-state index contributed by atoms with van der Waals surface area (Å²) >= 11 is 5.80. The molecule has 4 heterocycles. The highest BCUT2D eigenvalue weighted by Gasteiger charge is 2.22. The number of nitrogens with one attached hydrogen (secondary N) is 1. The van der Waals surface area contributed by atoms with Gasteiger partial charge in [-0.1, -0.05) is 23.1 Å². The summed E-state index contributed by atoms with van der Waals surface area (Å²) in [7, 11) is 0. The first-order chi connectivity index (χ1) is 13.5. The fourth-order valence-corrected chi connectivity index (χ4v) is 5.05. The number of hydrogen-bond donors (Lipinski definition) is 1. The zero-order valence-corrected chi connectivity index (χ0v) is 18.1. The minimum atomic E-state index is -0.386. The number of ether oxygens (including phenoxy) is 1. The van der Waals surface area contributed by atoms with Gasteiger partial charge in [0.25, 0.3) is 5.56 Å². The van der Waals surface area contributed by atoms with E-state index in [0.717, 1.165) is 12.8 Å². The first-order valence-corrected chi connectivity index (χ1v) is 11.2. The molecule has 148 valence electrons. The third-order valence-corrected chi connectivity index (χ3v) is 6.88. The summed E-state index contributed by atoms with van der Waals surface area (Å²) in [6, 6.07) is 0.160. The van der Waals surface area contributed by atoms with Crippen molar-refractivity contribution in [2.75, 3.05) is 13.2 Å². The van der Waals surface area contributed by atoms with Gasteiger partial charge in [-0.2, -0.15) is 5.10 Å². The molecule has 1 unspecified atom stereocenters. The number of aromatic amines is 1. The summed E-state index contributed by atoms with van der Waals surface area (Å²) in [6.45, 7) is 3.14. The third-order valence-electron chi connectivity index (χ3n) is 4.49. The quantitative estimate of drug-likeness (QED) is 0.418. The van der Waals surface area contributed by atoms with Crippen molar-refractivity contribution in [3.63, 3.8) is 0 Å². The van der Waals surface area contributed by atoms with Crippen LogP contribution in [0.3, 0.4) is 0 Å². The van der Waals surface area contributed by atoms with Gasteiger partial charge < -0.3 is 9.72 Å². The Morgan fingerprint density at radius 1 is 1.46 bits per heavy atom. The molecule has 0 bridgehead atoms. The SMILES string of the molecule is CC(Sc1nc2c(cnn2C2CCOCC2)c(=O)[nH]1)C(=O)Cc1nnc(Br)s1. The molecule has 28 heavy (non-hydrogen) atoms. The van der Waals surface area contributed by atoms with Crippen LogP contribution in [0.4, 0.5) is 0 Å². The summed E-state index contributed by atoms with van der Waals surface area (Å²) in [5.41, 5.74) is 0.296. The number of hydrogen-bond acceptors (Lipinski definition) is 9. The van der Waals surface area contributed by atoms with E-state index in [4.69, 9.17) is 4.74 Å². The van der Waals surface area contributed by atoms with E-state index in [-0.39, 0.29) is 29.1 Å². The highest BCUT2D eigenvalue weighted by molar-refractivity contribution is 9.11. The van der Waals surface area contributed by atoms with Gasteiger partial charge in [0.2, 0.25) is 0 Å². The van der Waals surface area contributed by atoms with E-state index in [1.54, 1.807) is 13.1 Å². The summed E-state index contributed by atoms with van der Waals surface area (Å²) in [4.78, 5) is 32.3. The molecule has 0 saturated carbocycles. The molecule has 0 spiro atoms. The maximum absolute atomic E-state index is 12.5. The Bertz CT molecular complexity index is 1060. The molecule has 0 aromatic carbocycles. The van der Waals surface area contributed by atoms with Crippen LogP contribution in [0.5, 0.6) is 0 Å². The molecular weight excluding hydrogens is 468 g/mol. The first kappa shape index (κ1) is 19.7. The van der Waals surface area contributed by atoms with Crippen molar-refractivity contribution in [2.45, 2.75) is 42.6 Å². The number of thioether (sulfide) groups is 1. The average molecular weight is 485 g/mol. The fraction of sp³-hybridized carbons (Fsp3) is 0.500. The minimum absolute atomic E-state index is 0.00525. The molecule has 3 aromatic rings. The monoisotopic (exact) mass is 484 g/mol. The van der Waals surface area contributed by atoms with Crippen LogP contribution in [-0.4, -0.2) is 54.2 Å². The second-order valence-electron chi connectivity index (χ2n) is 6.39. The number of carbonyl (C=O) groups excluding carboxylic acids is 1. The second-order valence-corrected chi connectivity index (χ2v) is 10.1. The Balaban J connectivity index is 1.54. The van der Waals surface area contributed by atoms with E-state index in [0.29, 0.717) is 38.3 Å². The Labute approximate surface area is 176 Å². The molecule has 0 radical (unpaired) electrons. The van der Waals surface area contributed by atoms with Gasteiger partial charge in [-0.3, -0.25) is 9.59 Å². The predicted octanol–water partition coefficient (Wildman–Crippen LogP) is 2.38. The molecule has 1 aliphatic heterocycles. The molecule has 1 N–H and O–H groups in total. The second kappa shape index (κ2) is 8.39. The van der Waals surface area contributed by atoms with Crippen molar-refractivity contribution >= 4 is 55.8 Å². The van der Waals surface area contributed by atoms with E-state index in [1.807, 2.05) is 4.68 Å². The largest absolute Gasteiger partial charge is 0.381 e. The fourth-order valence-electron chi connectivity index (χ4n) is 3.00. The Kier molecular flexibility index (Phi) is 5.90. The molecule has 0 aliphatic carbocycles. The molecular formula is C16H17BrN6O3S2. The molecule has 12 heteroatoms. The van der Waals surface area contributed by atoms with E-state index in [9.17, 15) is 9.59 Å². The predicted molar refractivity (Wildman–Crippen MR) is 109 cm³/mol. The molecule has 1 fully saturated rings.